The standard InChI is InChI=1S/C29H42N4O4S/c1-16(2)11-21-12-20(25-18(4)30-15-38-25)9-10-23(21)17(3)31-27(36)24-13-22(35)14-33(24)28(37)26(29(6,7)8)32-19(5)34/h9-10,12,15-17,22,24,26,35H,11,13-14H2,1-8H3,(H,31,36)(H,32,34)/t17-,22+,24-,26+/m0/s1. The number of amides is 3. The van der Waals surface area contributed by atoms with Crippen molar-refractivity contribution in [2.24, 2.45) is 11.3 Å². The zero-order chi connectivity index (χ0) is 28.4. The van der Waals surface area contributed by atoms with Gasteiger partial charge in [-0.05, 0) is 54.4 Å². The summed E-state index contributed by atoms with van der Waals surface area (Å²) in [7, 11) is 0. The van der Waals surface area contributed by atoms with E-state index in [0.29, 0.717) is 5.92 Å². The van der Waals surface area contributed by atoms with Crippen LogP contribution in [0.2, 0.25) is 0 Å². The highest BCUT2D eigenvalue weighted by Gasteiger charge is 2.44. The van der Waals surface area contributed by atoms with Gasteiger partial charge in [0.2, 0.25) is 17.7 Å². The summed E-state index contributed by atoms with van der Waals surface area (Å²) in [6.07, 6.45) is 0.211. The number of hydrogen-bond acceptors (Lipinski definition) is 6. The molecule has 1 saturated heterocycles. The molecule has 9 heteroatoms. The lowest BCUT2D eigenvalue weighted by molar-refractivity contribution is -0.144. The highest BCUT2D eigenvalue weighted by Crippen LogP contribution is 2.32. The molecule has 2 aromatic rings. The van der Waals surface area contributed by atoms with Gasteiger partial charge in [0.05, 0.1) is 28.2 Å². The molecule has 4 atom stereocenters. The molecule has 8 nitrogen and oxygen atoms in total. The van der Waals surface area contributed by atoms with Gasteiger partial charge in [0.15, 0.2) is 0 Å². The van der Waals surface area contributed by atoms with Crippen LogP contribution in [0.25, 0.3) is 10.4 Å². The quantitative estimate of drug-likeness (QED) is 0.467. The average Bonchev–Trinajstić information content (AvgIpc) is 3.41. The summed E-state index contributed by atoms with van der Waals surface area (Å²) in [6.45, 7) is 15.3. The van der Waals surface area contributed by atoms with Gasteiger partial charge < -0.3 is 20.6 Å². The first-order valence-electron chi connectivity index (χ1n) is 13.3. The molecule has 2 heterocycles. The Labute approximate surface area is 230 Å². The molecule has 1 fully saturated rings. The number of aromatic nitrogens is 1. The van der Waals surface area contributed by atoms with Crippen LogP contribution >= 0.6 is 11.3 Å². The second-order valence-electron chi connectivity index (χ2n) is 11.9. The van der Waals surface area contributed by atoms with E-state index in [1.165, 1.54) is 11.8 Å². The van der Waals surface area contributed by atoms with Gasteiger partial charge in [-0.25, -0.2) is 4.98 Å². The van der Waals surface area contributed by atoms with Crippen molar-refractivity contribution in [2.75, 3.05) is 6.54 Å². The first-order chi connectivity index (χ1) is 17.7. The van der Waals surface area contributed by atoms with Crippen molar-refractivity contribution in [1.82, 2.24) is 20.5 Å². The van der Waals surface area contributed by atoms with Crippen molar-refractivity contribution < 1.29 is 19.5 Å². The summed E-state index contributed by atoms with van der Waals surface area (Å²) in [4.78, 5) is 45.8. The lowest BCUT2D eigenvalue weighted by Crippen LogP contribution is -2.57. The average molecular weight is 543 g/mol. The minimum atomic E-state index is -0.814. The van der Waals surface area contributed by atoms with Gasteiger partial charge >= 0.3 is 0 Å². The fourth-order valence-electron chi connectivity index (χ4n) is 5.08. The number of nitrogens with one attached hydrogen (secondary N) is 2. The summed E-state index contributed by atoms with van der Waals surface area (Å²) in [6, 6.07) is 4.41. The molecule has 3 rings (SSSR count). The molecule has 1 aliphatic heterocycles. The van der Waals surface area contributed by atoms with E-state index in [9.17, 15) is 19.5 Å². The monoisotopic (exact) mass is 542 g/mol. The number of aliphatic hydroxyl groups is 1. The van der Waals surface area contributed by atoms with Crippen LogP contribution in [0.5, 0.6) is 0 Å². The molecule has 0 radical (unpaired) electrons. The Hall–Kier alpha value is -2.78. The molecule has 0 aliphatic carbocycles. The SMILES string of the molecule is CC(=O)N[C@H](C(=O)N1C[C@H](O)C[C@H]1C(=O)N[C@@H](C)c1ccc(-c2scnc2C)cc1CC(C)C)C(C)(C)C. The smallest absolute Gasteiger partial charge is 0.246 e. The lowest BCUT2D eigenvalue weighted by atomic mass is 9.85. The number of benzene rings is 1. The van der Waals surface area contributed by atoms with E-state index in [1.807, 2.05) is 40.1 Å². The minimum absolute atomic E-state index is 0.0545. The van der Waals surface area contributed by atoms with Crippen LogP contribution in [0.15, 0.2) is 23.7 Å². The Morgan fingerprint density at radius 3 is 2.42 bits per heavy atom. The van der Waals surface area contributed by atoms with Crippen molar-refractivity contribution >= 4 is 29.1 Å². The molecule has 3 amide bonds. The Morgan fingerprint density at radius 1 is 1.18 bits per heavy atom. The van der Waals surface area contributed by atoms with Crippen LogP contribution in [0.4, 0.5) is 0 Å². The highest BCUT2D eigenvalue weighted by atomic mass is 32.1. The van der Waals surface area contributed by atoms with Crippen molar-refractivity contribution in [2.45, 2.75) is 92.5 Å². The van der Waals surface area contributed by atoms with Gasteiger partial charge in [0.25, 0.3) is 0 Å². The van der Waals surface area contributed by atoms with Crippen LogP contribution in [0.3, 0.4) is 0 Å². The number of thiazole rings is 1. The fraction of sp³-hybridized carbons (Fsp3) is 0.586. The Kier molecular flexibility index (Phi) is 9.36. The third kappa shape index (κ3) is 6.99. The van der Waals surface area contributed by atoms with E-state index >= 15 is 0 Å². The minimum Gasteiger partial charge on any atom is -0.391 e. The number of rotatable bonds is 8. The van der Waals surface area contributed by atoms with Crippen LogP contribution in [0.1, 0.15) is 77.7 Å². The predicted molar refractivity (Wildman–Crippen MR) is 151 cm³/mol. The van der Waals surface area contributed by atoms with E-state index in [0.717, 1.165) is 33.7 Å². The molecule has 0 spiro atoms. The molecule has 0 bridgehead atoms. The number of aliphatic hydroxyl groups excluding tert-OH is 1. The summed E-state index contributed by atoms with van der Waals surface area (Å²) in [5.41, 5.74) is 5.59. The predicted octanol–water partition coefficient (Wildman–Crippen LogP) is 4.01. The normalized spacial score (nSPS) is 19.4. The maximum Gasteiger partial charge on any atom is 0.246 e. The van der Waals surface area contributed by atoms with Crippen molar-refractivity contribution in [3.8, 4) is 10.4 Å². The Bertz CT molecular complexity index is 1170. The Morgan fingerprint density at radius 2 is 1.87 bits per heavy atom. The summed E-state index contributed by atoms with van der Waals surface area (Å²) >= 11 is 1.61. The molecule has 1 aromatic heterocycles. The number of carbonyl (C=O) groups excluding carboxylic acids is 3. The van der Waals surface area contributed by atoms with Crippen LogP contribution in [0, 0.1) is 18.3 Å². The number of likely N-dealkylation sites (tertiary alicyclic amines) is 1. The molecule has 0 unspecified atom stereocenters. The van der Waals surface area contributed by atoms with Crippen LogP contribution in [-0.2, 0) is 20.8 Å². The molecule has 38 heavy (non-hydrogen) atoms. The van der Waals surface area contributed by atoms with Gasteiger partial charge in [0, 0.05) is 19.9 Å². The Balaban J connectivity index is 1.84. The zero-order valence-electron chi connectivity index (χ0n) is 23.8. The van der Waals surface area contributed by atoms with E-state index in [2.05, 4.69) is 47.7 Å². The number of nitrogens with zero attached hydrogens (tertiary/aromatic N) is 2. The third-order valence-electron chi connectivity index (χ3n) is 6.93. The van der Waals surface area contributed by atoms with E-state index in [4.69, 9.17) is 0 Å². The summed E-state index contributed by atoms with van der Waals surface area (Å²) in [5, 5.41) is 16.2. The molecule has 208 valence electrons. The van der Waals surface area contributed by atoms with E-state index < -0.39 is 23.6 Å². The second kappa shape index (κ2) is 11.9. The topological polar surface area (TPSA) is 112 Å². The van der Waals surface area contributed by atoms with Crippen molar-refractivity contribution in [1.29, 1.82) is 0 Å². The summed E-state index contributed by atoms with van der Waals surface area (Å²) in [5.74, 6) is -0.560. The van der Waals surface area contributed by atoms with Gasteiger partial charge in [-0.2, -0.15) is 0 Å². The molecule has 0 saturated carbocycles. The zero-order valence-corrected chi connectivity index (χ0v) is 24.6. The largest absolute Gasteiger partial charge is 0.391 e. The van der Waals surface area contributed by atoms with Gasteiger partial charge in [-0.3, -0.25) is 14.4 Å². The number of β-amino-alcohol motifs (C(OH)–C–C–N with tert-alkyl or cyclic N) is 1. The summed E-state index contributed by atoms with van der Waals surface area (Å²) < 4.78 is 0. The number of carbonyl (C=O) groups is 3. The first kappa shape index (κ1) is 29.8. The molecular weight excluding hydrogens is 500 g/mol. The second-order valence-corrected chi connectivity index (χ2v) is 12.8. The fourth-order valence-corrected chi connectivity index (χ4v) is 5.88. The first-order valence-corrected chi connectivity index (χ1v) is 14.2. The molecule has 1 aromatic carbocycles. The van der Waals surface area contributed by atoms with Gasteiger partial charge in [-0.1, -0.05) is 46.8 Å². The number of aryl methyl sites for hydroxylation is 1. The molecule has 3 N–H and O–H groups in total. The van der Waals surface area contributed by atoms with Crippen molar-refractivity contribution in [3.63, 3.8) is 0 Å². The van der Waals surface area contributed by atoms with Crippen molar-refractivity contribution in [3.05, 3.63) is 40.5 Å². The third-order valence-corrected chi connectivity index (χ3v) is 7.91. The van der Waals surface area contributed by atoms with E-state index in [-0.39, 0.29) is 36.7 Å². The van der Waals surface area contributed by atoms with Gasteiger partial charge in [0.1, 0.15) is 12.1 Å². The van der Waals surface area contributed by atoms with Gasteiger partial charge in [-0.15, -0.1) is 11.3 Å². The van der Waals surface area contributed by atoms with Crippen LogP contribution < -0.4 is 10.6 Å². The molecular formula is C29H42N4O4S. The maximum atomic E-state index is 13.5. The lowest BCUT2D eigenvalue weighted by Gasteiger charge is -2.35. The molecule has 1 aliphatic rings. The van der Waals surface area contributed by atoms with E-state index in [1.54, 1.807) is 11.3 Å². The number of hydrogen-bond donors (Lipinski definition) is 3. The van der Waals surface area contributed by atoms with Crippen LogP contribution in [-0.4, -0.2) is 57.4 Å². The maximum absolute atomic E-state index is 13.5. The highest BCUT2D eigenvalue weighted by molar-refractivity contribution is 7.13.